The molecule has 2 rings (SSSR count). The third-order valence-electron chi connectivity index (χ3n) is 2.67. The van der Waals surface area contributed by atoms with Crippen LogP contribution in [0.5, 0.6) is 0 Å². The Morgan fingerprint density at radius 3 is 2.71 bits per heavy atom. The van der Waals surface area contributed by atoms with Crippen LogP contribution in [0.15, 0.2) is 4.52 Å². The van der Waals surface area contributed by atoms with Gasteiger partial charge in [-0.15, -0.1) is 17.0 Å². The fourth-order valence-corrected chi connectivity index (χ4v) is 1.73. The minimum Gasteiger partial charge on any atom is -0.476 e. The first-order valence-electron chi connectivity index (χ1n) is 5.17. The first-order chi connectivity index (χ1) is 7.68. The van der Waals surface area contributed by atoms with Crippen LogP contribution >= 0.6 is 17.0 Å². The molecule has 0 aromatic carbocycles. The Bertz CT molecular complexity index is 388. The summed E-state index contributed by atoms with van der Waals surface area (Å²) < 4.78 is 10.1. The number of hydrogen-bond donors (Lipinski definition) is 1. The first kappa shape index (κ1) is 14.1. The topological polar surface area (TPSA) is 75.8 Å². The van der Waals surface area contributed by atoms with Gasteiger partial charge >= 0.3 is 5.97 Å². The molecule has 0 unspecified atom stereocenters. The van der Waals surface area contributed by atoms with Gasteiger partial charge in [-0.3, -0.25) is 4.90 Å². The molecule has 1 aliphatic rings. The van der Waals surface area contributed by atoms with Gasteiger partial charge in [0.05, 0.1) is 13.2 Å². The number of aryl methyl sites for hydroxylation is 1. The molecule has 0 atom stereocenters. The van der Waals surface area contributed by atoms with Crippen molar-refractivity contribution in [1.29, 1.82) is 0 Å². The van der Waals surface area contributed by atoms with Crippen LogP contribution in [0, 0.1) is 6.92 Å². The van der Waals surface area contributed by atoms with Crippen LogP contribution in [-0.2, 0) is 11.3 Å². The number of carboxylic acids is 1. The van der Waals surface area contributed by atoms with Gasteiger partial charge in [-0.05, 0) is 6.92 Å². The number of ether oxygens (including phenoxy) is 1. The maximum Gasteiger partial charge on any atom is 0.358 e. The summed E-state index contributed by atoms with van der Waals surface area (Å²) in [7, 11) is 0. The summed E-state index contributed by atoms with van der Waals surface area (Å²) in [5.41, 5.74) is 0.679. The molecule has 6 nitrogen and oxygen atoms in total. The molecule has 0 amide bonds. The number of carbonyl (C=O) groups is 1. The summed E-state index contributed by atoms with van der Waals surface area (Å²) in [5.74, 6) is -0.469. The van der Waals surface area contributed by atoms with E-state index in [0.717, 1.165) is 13.1 Å². The van der Waals surface area contributed by atoms with E-state index in [-0.39, 0.29) is 22.7 Å². The lowest BCUT2D eigenvalue weighted by molar-refractivity contribution is 0.0337. The number of halogens is 1. The van der Waals surface area contributed by atoms with E-state index in [1.54, 1.807) is 6.92 Å². The van der Waals surface area contributed by atoms with E-state index in [2.05, 4.69) is 10.1 Å². The van der Waals surface area contributed by atoms with Gasteiger partial charge in [-0.1, -0.05) is 5.16 Å². The minimum absolute atomic E-state index is 0. The van der Waals surface area contributed by atoms with Crippen molar-refractivity contribution in [3.05, 3.63) is 17.0 Å². The van der Waals surface area contributed by atoms with Crippen LogP contribution in [0.1, 0.15) is 21.8 Å². The fourth-order valence-electron chi connectivity index (χ4n) is 1.73. The van der Waals surface area contributed by atoms with Crippen LogP contribution < -0.4 is 0 Å². The van der Waals surface area contributed by atoms with Crippen molar-refractivity contribution in [3.63, 3.8) is 0 Å². The van der Waals surface area contributed by atoms with Gasteiger partial charge < -0.3 is 14.4 Å². The molecular weight excluding hydrogens is 292 g/mol. The lowest BCUT2D eigenvalue weighted by atomic mass is 10.1. The standard InChI is InChI=1S/C10H14N2O4.BrH/c1-7-8(9(10(13)14)11-16-7)6-12-2-4-15-5-3-12;/h2-6H2,1H3,(H,13,14);1H. The molecule has 0 radical (unpaired) electrons. The molecular formula is C10H15BrN2O4. The van der Waals surface area contributed by atoms with Crippen molar-refractivity contribution in [2.24, 2.45) is 0 Å². The zero-order valence-corrected chi connectivity index (χ0v) is 11.2. The van der Waals surface area contributed by atoms with Crippen LogP contribution in [0.3, 0.4) is 0 Å². The van der Waals surface area contributed by atoms with Crippen molar-refractivity contribution in [1.82, 2.24) is 10.1 Å². The van der Waals surface area contributed by atoms with Crippen molar-refractivity contribution >= 4 is 23.0 Å². The van der Waals surface area contributed by atoms with Crippen LogP contribution in [-0.4, -0.2) is 47.4 Å². The third kappa shape index (κ3) is 3.27. The van der Waals surface area contributed by atoms with E-state index < -0.39 is 5.97 Å². The second kappa shape index (κ2) is 6.13. The van der Waals surface area contributed by atoms with Crippen LogP contribution in [0.4, 0.5) is 0 Å². The minimum atomic E-state index is -1.04. The van der Waals surface area contributed by atoms with E-state index in [1.165, 1.54) is 0 Å². The van der Waals surface area contributed by atoms with Gasteiger partial charge in [0.25, 0.3) is 0 Å². The molecule has 1 aromatic rings. The van der Waals surface area contributed by atoms with Crippen molar-refractivity contribution in [2.75, 3.05) is 26.3 Å². The Morgan fingerprint density at radius 2 is 2.12 bits per heavy atom. The number of aromatic carboxylic acids is 1. The monoisotopic (exact) mass is 306 g/mol. The maximum atomic E-state index is 10.9. The zero-order valence-electron chi connectivity index (χ0n) is 9.51. The lowest BCUT2D eigenvalue weighted by Crippen LogP contribution is -2.36. The highest BCUT2D eigenvalue weighted by molar-refractivity contribution is 8.93. The highest BCUT2D eigenvalue weighted by Gasteiger charge is 2.22. The summed E-state index contributed by atoms with van der Waals surface area (Å²) in [5, 5.41) is 12.5. The highest BCUT2D eigenvalue weighted by atomic mass is 79.9. The Hall–Kier alpha value is -0.920. The molecule has 1 fully saturated rings. The second-order valence-corrected chi connectivity index (χ2v) is 3.76. The number of hydrogen-bond acceptors (Lipinski definition) is 5. The number of nitrogens with zero attached hydrogens (tertiary/aromatic N) is 2. The lowest BCUT2D eigenvalue weighted by Gasteiger charge is -2.26. The maximum absolute atomic E-state index is 10.9. The van der Waals surface area contributed by atoms with Gasteiger partial charge in [0.1, 0.15) is 5.76 Å². The van der Waals surface area contributed by atoms with E-state index in [9.17, 15) is 4.79 Å². The summed E-state index contributed by atoms with van der Waals surface area (Å²) in [6.45, 7) is 5.28. The van der Waals surface area contributed by atoms with Crippen molar-refractivity contribution < 1.29 is 19.2 Å². The predicted octanol–water partition coefficient (Wildman–Crippen LogP) is 1.09. The second-order valence-electron chi connectivity index (χ2n) is 3.76. The molecule has 0 aliphatic carbocycles. The van der Waals surface area contributed by atoms with E-state index in [1.807, 2.05) is 0 Å². The van der Waals surface area contributed by atoms with Gasteiger partial charge in [-0.25, -0.2) is 4.79 Å². The molecule has 1 aromatic heterocycles. The fraction of sp³-hybridized carbons (Fsp3) is 0.600. The molecule has 1 saturated heterocycles. The SMILES string of the molecule is Br.Cc1onc(C(=O)O)c1CN1CCOCC1. The van der Waals surface area contributed by atoms with Crippen LogP contribution in [0.25, 0.3) is 0 Å². The Labute approximate surface area is 109 Å². The van der Waals surface area contributed by atoms with E-state index >= 15 is 0 Å². The highest BCUT2D eigenvalue weighted by Crippen LogP contribution is 2.16. The van der Waals surface area contributed by atoms with Gasteiger partial charge in [0.15, 0.2) is 5.69 Å². The van der Waals surface area contributed by atoms with Crippen LogP contribution in [0.2, 0.25) is 0 Å². The predicted molar refractivity (Wildman–Crippen MR) is 64.6 cm³/mol. The quantitative estimate of drug-likeness (QED) is 0.901. The Balaban J connectivity index is 0.00000144. The van der Waals surface area contributed by atoms with Gasteiger partial charge in [0.2, 0.25) is 0 Å². The van der Waals surface area contributed by atoms with E-state index in [4.69, 9.17) is 14.4 Å². The molecule has 7 heteroatoms. The van der Waals surface area contributed by atoms with Gasteiger partial charge in [-0.2, -0.15) is 0 Å². The molecule has 17 heavy (non-hydrogen) atoms. The molecule has 96 valence electrons. The summed E-state index contributed by atoms with van der Waals surface area (Å²) in [4.78, 5) is 13.0. The number of aromatic nitrogens is 1. The first-order valence-corrected chi connectivity index (χ1v) is 5.17. The number of carboxylic acid groups (broad SMARTS) is 1. The summed E-state index contributed by atoms with van der Waals surface area (Å²) >= 11 is 0. The zero-order chi connectivity index (χ0) is 11.5. The normalized spacial score (nSPS) is 16.5. The van der Waals surface area contributed by atoms with E-state index in [0.29, 0.717) is 31.1 Å². The molecule has 2 heterocycles. The average Bonchev–Trinajstić information content (AvgIpc) is 2.62. The van der Waals surface area contributed by atoms with Crippen molar-refractivity contribution in [3.8, 4) is 0 Å². The molecule has 1 aliphatic heterocycles. The summed E-state index contributed by atoms with van der Waals surface area (Å²) in [6, 6.07) is 0. The third-order valence-corrected chi connectivity index (χ3v) is 2.67. The average molecular weight is 307 g/mol. The summed E-state index contributed by atoms with van der Waals surface area (Å²) in [6.07, 6.45) is 0. The van der Waals surface area contributed by atoms with Gasteiger partial charge in [0, 0.05) is 25.2 Å². The van der Waals surface area contributed by atoms with Crippen molar-refractivity contribution in [2.45, 2.75) is 13.5 Å². The molecule has 0 saturated carbocycles. The number of morpholine rings is 1. The Kier molecular flexibility index (Phi) is 5.10. The number of rotatable bonds is 3. The Morgan fingerprint density at radius 1 is 1.47 bits per heavy atom. The smallest absolute Gasteiger partial charge is 0.358 e. The largest absolute Gasteiger partial charge is 0.476 e. The molecule has 0 spiro atoms. The molecule has 1 N–H and O–H groups in total. The molecule has 0 bridgehead atoms.